The number of ether oxygens (including phenoxy) is 1. The number of nitrogens with zero attached hydrogens (tertiary/aromatic N) is 1. The molecule has 2 saturated carbocycles. The molecule has 2 bridgehead atoms. The summed E-state index contributed by atoms with van der Waals surface area (Å²) in [6.07, 6.45) is 4.24. The lowest BCUT2D eigenvalue weighted by Crippen LogP contribution is -2.25. The molecule has 0 spiro atoms. The molecule has 2 fully saturated rings. The molecule has 0 aromatic rings. The molecule has 4 unspecified atom stereocenters. The monoisotopic (exact) mass is 233 g/mol. The van der Waals surface area contributed by atoms with Gasteiger partial charge in [0.15, 0.2) is 0 Å². The second kappa shape index (κ2) is 4.91. The number of hydrogen-bond donors (Lipinski definition) is 0. The summed E-state index contributed by atoms with van der Waals surface area (Å²) >= 11 is 0. The summed E-state index contributed by atoms with van der Waals surface area (Å²) in [4.78, 5) is 11.3. The van der Waals surface area contributed by atoms with E-state index in [1.54, 1.807) is 6.92 Å². The van der Waals surface area contributed by atoms with Crippen molar-refractivity contribution in [3.63, 3.8) is 0 Å². The zero-order valence-electron chi connectivity index (χ0n) is 10.3. The first kappa shape index (κ1) is 12.2. The lowest BCUT2D eigenvalue weighted by molar-refractivity contribution is -0.141. The number of esters is 1. The van der Waals surface area contributed by atoms with Crippen molar-refractivity contribution in [2.24, 2.45) is 23.7 Å². The van der Waals surface area contributed by atoms with Crippen LogP contribution in [0.5, 0.6) is 0 Å². The summed E-state index contributed by atoms with van der Waals surface area (Å²) < 4.78 is 5.25. The van der Waals surface area contributed by atoms with Crippen molar-refractivity contribution in [2.75, 3.05) is 6.61 Å². The summed E-state index contributed by atoms with van der Waals surface area (Å²) in [7, 11) is 0. The van der Waals surface area contributed by atoms with Gasteiger partial charge in [0.2, 0.25) is 0 Å². The molecule has 0 heterocycles. The molecule has 0 aromatic carbocycles. The van der Waals surface area contributed by atoms with E-state index in [1.165, 1.54) is 12.8 Å². The van der Waals surface area contributed by atoms with Crippen molar-refractivity contribution in [1.29, 1.82) is 5.26 Å². The number of nitriles is 1. The minimum Gasteiger partial charge on any atom is -0.462 e. The van der Waals surface area contributed by atoms with Gasteiger partial charge in [0.1, 0.15) is 0 Å². The maximum absolute atomic E-state index is 11.3. The minimum absolute atomic E-state index is 0.287. The van der Waals surface area contributed by atoms with Gasteiger partial charge in [-0.2, -0.15) is 5.26 Å². The standard InChI is InChI=1S/C14H19NO2/c1-9(2)14(16)17-8-12-6-10-5-11(3-4-15)13(12)7-10/h10-13H,1,3,5-8H2,2H3. The highest BCUT2D eigenvalue weighted by Gasteiger charge is 2.46. The molecule has 2 aliphatic carbocycles. The van der Waals surface area contributed by atoms with Gasteiger partial charge in [-0.05, 0) is 49.9 Å². The molecule has 2 aliphatic rings. The highest BCUT2D eigenvalue weighted by atomic mass is 16.5. The topological polar surface area (TPSA) is 50.1 Å². The van der Waals surface area contributed by atoms with Crippen molar-refractivity contribution >= 4 is 5.97 Å². The molecule has 0 aliphatic heterocycles. The average molecular weight is 233 g/mol. The van der Waals surface area contributed by atoms with E-state index in [4.69, 9.17) is 10.00 Å². The molecule has 0 radical (unpaired) electrons. The molecular weight excluding hydrogens is 214 g/mol. The fourth-order valence-corrected chi connectivity index (χ4v) is 3.50. The largest absolute Gasteiger partial charge is 0.462 e. The van der Waals surface area contributed by atoms with Crippen LogP contribution in [0.1, 0.15) is 32.6 Å². The number of hydrogen-bond acceptors (Lipinski definition) is 3. The van der Waals surface area contributed by atoms with Gasteiger partial charge in [-0.25, -0.2) is 4.79 Å². The zero-order chi connectivity index (χ0) is 12.4. The second-order valence-electron chi connectivity index (χ2n) is 5.50. The first-order valence-electron chi connectivity index (χ1n) is 6.31. The summed E-state index contributed by atoms with van der Waals surface area (Å²) in [6.45, 7) is 5.75. The number of rotatable bonds is 4. The van der Waals surface area contributed by atoms with Crippen LogP contribution < -0.4 is 0 Å². The van der Waals surface area contributed by atoms with Crippen molar-refractivity contribution < 1.29 is 9.53 Å². The minimum atomic E-state index is -0.287. The van der Waals surface area contributed by atoms with Crippen molar-refractivity contribution in [3.05, 3.63) is 12.2 Å². The Bertz CT molecular complexity index is 369. The lowest BCUT2D eigenvalue weighted by atomic mass is 9.79. The van der Waals surface area contributed by atoms with E-state index in [1.807, 2.05) is 0 Å². The molecular formula is C14H19NO2. The SMILES string of the molecule is C=C(C)C(=O)OCC1CC2CC(CC#N)C1C2. The maximum atomic E-state index is 11.3. The van der Waals surface area contributed by atoms with Gasteiger partial charge >= 0.3 is 5.97 Å². The smallest absolute Gasteiger partial charge is 0.333 e. The molecule has 3 nitrogen and oxygen atoms in total. The van der Waals surface area contributed by atoms with Crippen LogP contribution in [0.2, 0.25) is 0 Å². The van der Waals surface area contributed by atoms with Crippen molar-refractivity contribution in [2.45, 2.75) is 32.6 Å². The van der Waals surface area contributed by atoms with Gasteiger partial charge in [0, 0.05) is 12.0 Å². The Hall–Kier alpha value is -1.30. The van der Waals surface area contributed by atoms with Crippen molar-refractivity contribution in [1.82, 2.24) is 0 Å². The van der Waals surface area contributed by atoms with Crippen LogP contribution in [-0.4, -0.2) is 12.6 Å². The second-order valence-corrected chi connectivity index (χ2v) is 5.50. The normalized spacial score (nSPS) is 34.4. The summed E-state index contributed by atoms with van der Waals surface area (Å²) in [5.74, 6) is 2.07. The summed E-state index contributed by atoms with van der Waals surface area (Å²) in [5, 5.41) is 8.79. The number of carbonyl (C=O) groups excluding carboxylic acids is 1. The highest BCUT2D eigenvalue weighted by molar-refractivity contribution is 5.86. The van der Waals surface area contributed by atoms with E-state index in [9.17, 15) is 4.79 Å². The Morgan fingerprint density at radius 3 is 2.71 bits per heavy atom. The van der Waals surface area contributed by atoms with Gasteiger partial charge in [-0.3, -0.25) is 0 Å². The third-order valence-corrected chi connectivity index (χ3v) is 4.22. The molecule has 92 valence electrons. The van der Waals surface area contributed by atoms with E-state index < -0.39 is 0 Å². The van der Waals surface area contributed by atoms with Crippen LogP contribution in [0.25, 0.3) is 0 Å². The third-order valence-electron chi connectivity index (χ3n) is 4.22. The Morgan fingerprint density at radius 2 is 2.12 bits per heavy atom. The van der Waals surface area contributed by atoms with Crippen LogP contribution in [-0.2, 0) is 9.53 Å². The molecule has 0 N–H and O–H groups in total. The maximum Gasteiger partial charge on any atom is 0.333 e. The van der Waals surface area contributed by atoms with Gasteiger partial charge in [-0.15, -0.1) is 0 Å². The van der Waals surface area contributed by atoms with Crippen LogP contribution >= 0.6 is 0 Å². The zero-order valence-corrected chi connectivity index (χ0v) is 10.3. The van der Waals surface area contributed by atoms with Crippen molar-refractivity contribution in [3.8, 4) is 6.07 Å². The summed E-state index contributed by atoms with van der Waals surface area (Å²) in [5.41, 5.74) is 0.460. The number of fused-ring (bicyclic) bond motifs is 2. The van der Waals surface area contributed by atoms with E-state index in [-0.39, 0.29) is 5.97 Å². The lowest BCUT2D eigenvalue weighted by Gasteiger charge is -2.27. The Kier molecular flexibility index (Phi) is 3.51. The predicted octanol–water partition coefficient (Wildman–Crippen LogP) is 2.68. The highest BCUT2D eigenvalue weighted by Crippen LogP contribution is 2.52. The quantitative estimate of drug-likeness (QED) is 0.554. The molecule has 4 atom stereocenters. The summed E-state index contributed by atoms with van der Waals surface area (Å²) in [6, 6.07) is 2.28. The number of carbonyl (C=O) groups is 1. The Morgan fingerprint density at radius 1 is 1.41 bits per heavy atom. The van der Waals surface area contributed by atoms with E-state index in [0.29, 0.717) is 36.4 Å². The molecule has 0 saturated heterocycles. The van der Waals surface area contributed by atoms with Gasteiger partial charge in [0.05, 0.1) is 12.7 Å². The van der Waals surface area contributed by atoms with Gasteiger partial charge in [0.25, 0.3) is 0 Å². The Balaban J connectivity index is 1.85. The average Bonchev–Trinajstić information content (AvgIpc) is 2.85. The molecule has 2 rings (SSSR count). The predicted molar refractivity (Wildman–Crippen MR) is 63.8 cm³/mol. The third kappa shape index (κ3) is 2.52. The Labute approximate surface area is 102 Å². The van der Waals surface area contributed by atoms with Crippen LogP contribution in [0.4, 0.5) is 0 Å². The first-order chi connectivity index (χ1) is 8.11. The molecule has 0 amide bonds. The molecule has 0 aromatic heterocycles. The molecule has 17 heavy (non-hydrogen) atoms. The first-order valence-corrected chi connectivity index (χ1v) is 6.31. The molecule has 3 heteroatoms. The van der Waals surface area contributed by atoms with Crippen LogP contribution in [0, 0.1) is 35.0 Å². The van der Waals surface area contributed by atoms with E-state index in [2.05, 4.69) is 12.6 Å². The fourth-order valence-electron chi connectivity index (χ4n) is 3.50. The van der Waals surface area contributed by atoms with E-state index >= 15 is 0 Å². The fraction of sp³-hybridized carbons (Fsp3) is 0.714. The van der Waals surface area contributed by atoms with Gasteiger partial charge < -0.3 is 4.74 Å². The van der Waals surface area contributed by atoms with Crippen LogP contribution in [0.15, 0.2) is 12.2 Å². The van der Waals surface area contributed by atoms with Gasteiger partial charge in [-0.1, -0.05) is 6.58 Å². The van der Waals surface area contributed by atoms with Crippen LogP contribution in [0.3, 0.4) is 0 Å². The van der Waals surface area contributed by atoms with E-state index in [0.717, 1.165) is 12.3 Å².